The van der Waals surface area contributed by atoms with E-state index in [0.717, 1.165) is 11.1 Å². The van der Waals surface area contributed by atoms with Crippen molar-refractivity contribution in [2.45, 2.75) is 153 Å². The number of halogens is 3. The van der Waals surface area contributed by atoms with Gasteiger partial charge < -0.3 is 64.9 Å². The van der Waals surface area contributed by atoms with Crippen LogP contribution in [0, 0.1) is 11.8 Å². The number of anilines is 3. The molecule has 22 nitrogen and oxygen atoms in total. The summed E-state index contributed by atoms with van der Waals surface area (Å²) in [5.74, 6) is -2.00. The van der Waals surface area contributed by atoms with Gasteiger partial charge in [-0.05, 0) is 117 Å². The molecule has 5 rings (SSSR count). The van der Waals surface area contributed by atoms with Crippen LogP contribution in [-0.2, 0) is 49.3 Å². The molecule has 3 aliphatic heterocycles. The Kier molecular flexibility index (Phi) is 25.1. The quantitative estimate of drug-likeness (QED) is 0.0100. The number of nitrogens with one attached hydrogen (secondary N) is 6. The van der Waals surface area contributed by atoms with Crippen LogP contribution in [0.2, 0.25) is 5.02 Å². The van der Waals surface area contributed by atoms with E-state index in [2.05, 4.69) is 70.3 Å². The Bertz CT molecular complexity index is 2700. The number of amides is 6. The smallest absolute Gasteiger partial charge is 0.412 e. The number of benzene rings is 2. The van der Waals surface area contributed by atoms with E-state index in [4.69, 9.17) is 45.8 Å². The Labute approximate surface area is 501 Å². The van der Waals surface area contributed by atoms with E-state index in [0.29, 0.717) is 65.1 Å². The van der Waals surface area contributed by atoms with Gasteiger partial charge in [-0.2, -0.15) is 0 Å². The lowest BCUT2D eigenvalue weighted by atomic mass is 9.83. The number of urea groups is 1. The number of carbonyl (C=O) groups excluding carboxylic acids is 7. The number of primary amides is 1. The van der Waals surface area contributed by atoms with Gasteiger partial charge in [0.25, 0.3) is 0 Å². The number of esters is 1. The molecule has 2 unspecified atom stereocenters. The first-order chi connectivity index (χ1) is 38.7. The van der Waals surface area contributed by atoms with Crippen LogP contribution >= 0.6 is 43.5 Å². The molecule has 452 valence electrons. The van der Waals surface area contributed by atoms with Crippen molar-refractivity contribution in [1.82, 2.24) is 21.3 Å². The van der Waals surface area contributed by atoms with Crippen molar-refractivity contribution in [3.05, 3.63) is 81.3 Å². The van der Waals surface area contributed by atoms with Gasteiger partial charge in [-0.15, -0.1) is 0 Å². The zero-order valence-electron chi connectivity index (χ0n) is 47.9. The second-order valence-corrected chi connectivity index (χ2v) is 23.4. The van der Waals surface area contributed by atoms with E-state index in [1.807, 2.05) is 50.9 Å². The molecule has 3 aliphatic rings. The number of rotatable bonds is 23. The van der Waals surface area contributed by atoms with Crippen molar-refractivity contribution in [3.8, 4) is 5.75 Å². The monoisotopic (exact) mass is 1290 g/mol. The summed E-state index contributed by atoms with van der Waals surface area (Å²) in [4.78, 5) is 92.9. The summed E-state index contributed by atoms with van der Waals surface area (Å²) < 4.78 is 35.6. The van der Waals surface area contributed by atoms with Crippen molar-refractivity contribution >= 4 is 103 Å². The molecular weight excluding hydrogens is 1220 g/mol. The van der Waals surface area contributed by atoms with Gasteiger partial charge in [-0.3, -0.25) is 25.5 Å². The predicted octanol–water partition coefficient (Wildman–Crippen LogP) is 7.72. The number of hydrogen-bond donors (Lipinski definition) is 8. The normalized spacial score (nSPS) is 25.1. The van der Waals surface area contributed by atoms with Crippen LogP contribution in [-0.4, -0.2) is 147 Å². The van der Waals surface area contributed by atoms with Crippen molar-refractivity contribution in [2.75, 3.05) is 55.2 Å². The Morgan fingerprint density at radius 3 is 2.45 bits per heavy atom. The minimum Gasteiger partial charge on any atom is -0.495 e. The zero-order valence-corrected chi connectivity index (χ0v) is 51.8. The third-order valence-electron chi connectivity index (χ3n) is 14.7. The SMILES string of the molecule is C=C(CBr)C(=O)OC(C)CCCC(C=O)N[C@H](C(=O)N[C@@H](CCCNC(N)=O)C(=O)Nc1ccc(NC(=O)O[C@H]2CCN(C)c3cc(cc(OC)c3Cl)C/C(C)=C/C=C/[C@@H](OC)[C@@]3(O)C[C@H](OC(=O)N3)[C@@H](C)[C@@H]3O[C@@]23C)c(Br)c1)C(C)C. The van der Waals surface area contributed by atoms with Gasteiger partial charge in [0.05, 0.1) is 42.8 Å². The summed E-state index contributed by atoms with van der Waals surface area (Å²) in [6, 6.07) is 4.98. The van der Waals surface area contributed by atoms with Crippen LogP contribution in [0.5, 0.6) is 5.75 Å². The molecule has 0 radical (unpaired) electrons. The number of hydrogen-bond acceptors (Lipinski definition) is 16. The highest BCUT2D eigenvalue weighted by Gasteiger charge is 2.64. The molecule has 0 aliphatic carbocycles. The number of carbonyl (C=O) groups is 7. The Morgan fingerprint density at radius 1 is 1.07 bits per heavy atom. The van der Waals surface area contributed by atoms with Crippen LogP contribution in [0.15, 0.2) is 70.8 Å². The maximum absolute atomic E-state index is 14.1. The van der Waals surface area contributed by atoms with E-state index in [9.17, 15) is 38.7 Å². The maximum Gasteiger partial charge on any atom is 0.412 e. The number of allylic oxidation sites excluding steroid dienone is 3. The van der Waals surface area contributed by atoms with E-state index >= 15 is 0 Å². The number of aldehydes is 1. The fraction of sp³-hybridized carbons (Fsp3) is 0.561. The molecule has 82 heavy (non-hydrogen) atoms. The summed E-state index contributed by atoms with van der Waals surface area (Å²) >= 11 is 13.6. The van der Waals surface area contributed by atoms with Gasteiger partial charge in [0.15, 0.2) is 5.72 Å². The summed E-state index contributed by atoms with van der Waals surface area (Å²) in [5, 5.41) is 29.2. The molecule has 2 aromatic rings. The summed E-state index contributed by atoms with van der Waals surface area (Å²) in [6.07, 6.45) is 2.99. The van der Waals surface area contributed by atoms with E-state index in [1.54, 1.807) is 58.2 Å². The molecule has 0 aromatic heterocycles. The molecule has 25 heteroatoms. The summed E-state index contributed by atoms with van der Waals surface area (Å²) in [7, 11) is 4.84. The number of alkyl halides is 1. The molecule has 4 bridgehead atoms. The topological polar surface area (TPSA) is 300 Å². The molecule has 6 amide bonds. The van der Waals surface area contributed by atoms with Gasteiger partial charge >= 0.3 is 24.2 Å². The highest BCUT2D eigenvalue weighted by Crippen LogP contribution is 2.49. The van der Waals surface area contributed by atoms with Crippen LogP contribution in [0.4, 0.5) is 31.4 Å². The second-order valence-electron chi connectivity index (χ2n) is 21.6. The number of fused-ring (bicyclic) bond motifs is 5. The molecule has 3 heterocycles. The fourth-order valence-corrected chi connectivity index (χ4v) is 11.0. The summed E-state index contributed by atoms with van der Waals surface area (Å²) in [6.45, 7) is 15.1. The molecule has 0 saturated carbocycles. The first-order valence-electron chi connectivity index (χ1n) is 27.2. The average Bonchev–Trinajstić information content (AvgIpc) is 2.02. The zero-order chi connectivity index (χ0) is 60.6. The molecule has 2 fully saturated rings. The Balaban J connectivity index is 1.32. The van der Waals surface area contributed by atoms with Gasteiger partial charge in [-0.1, -0.05) is 78.7 Å². The first-order valence-corrected chi connectivity index (χ1v) is 29.5. The van der Waals surface area contributed by atoms with Crippen LogP contribution < -0.4 is 47.3 Å². The molecule has 0 spiro atoms. The minimum absolute atomic E-state index is 0.0484. The van der Waals surface area contributed by atoms with Crippen LogP contribution in [0.1, 0.15) is 92.1 Å². The highest BCUT2D eigenvalue weighted by atomic mass is 79.9. The standard InChI is InChI=1S/C57H79Br2ClN8O14/c1-31(2)48(63-38(30-69)16-12-15-34(5)79-52(72)33(4)29-58)51(71)65-41(17-13-22-62-53(61)73)50(70)64-37-19-20-40(39(59)27-37)66-54(74)81-45-21-23-68(8)42-25-36(26-43(77-9)47(42)60)24-32(3)14-11-18-46(78-10)57(76)28-44(80-55(75)67-57)35(6)49-56(45,7)82-49/h11,14,18-20,25-27,30-31,34-35,38,41,44-46,48-49,63,76H,4,12-13,15-17,21-24,28-29H2,1-3,5-10H3,(H,64,70)(H,65,71)(H,66,74)(H,67,75)(H3,61,62,73)/b18-11+,32-14+/t34?,35-,38?,41+,44+,45+,46-,48+,49+,56+,57+/m1/s1. The first kappa shape index (κ1) is 67.0. The number of aliphatic hydroxyl groups is 1. The number of methoxy groups -OCH3 is 2. The van der Waals surface area contributed by atoms with Crippen molar-refractivity contribution in [1.29, 1.82) is 0 Å². The minimum atomic E-state index is -1.84. The lowest BCUT2D eigenvalue weighted by Crippen LogP contribution is -2.63. The Hall–Kier alpha value is -5.76. The molecule has 2 saturated heterocycles. The predicted molar refractivity (Wildman–Crippen MR) is 318 cm³/mol. The Morgan fingerprint density at radius 2 is 1.80 bits per heavy atom. The summed E-state index contributed by atoms with van der Waals surface area (Å²) in [5.41, 5.74) is 5.74. The van der Waals surface area contributed by atoms with Gasteiger partial charge in [0.2, 0.25) is 11.8 Å². The largest absolute Gasteiger partial charge is 0.495 e. The van der Waals surface area contributed by atoms with E-state index in [-0.39, 0.29) is 54.7 Å². The van der Waals surface area contributed by atoms with Gasteiger partial charge in [0, 0.05) is 67.1 Å². The van der Waals surface area contributed by atoms with Crippen molar-refractivity contribution in [2.24, 2.45) is 17.6 Å². The van der Waals surface area contributed by atoms with E-state index < -0.39 is 102 Å². The van der Waals surface area contributed by atoms with Crippen molar-refractivity contribution < 1.29 is 67.1 Å². The van der Waals surface area contributed by atoms with Crippen molar-refractivity contribution in [3.63, 3.8) is 0 Å². The van der Waals surface area contributed by atoms with Crippen LogP contribution in [0.3, 0.4) is 0 Å². The lowest BCUT2D eigenvalue weighted by molar-refractivity contribution is -0.144. The van der Waals surface area contributed by atoms with Crippen LogP contribution in [0.25, 0.3) is 0 Å². The highest BCUT2D eigenvalue weighted by molar-refractivity contribution is 9.10. The number of ether oxygens (including phenoxy) is 6. The lowest BCUT2D eigenvalue weighted by Gasteiger charge is -2.42. The molecule has 2 aromatic carbocycles. The molecule has 11 atom stereocenters. The maximum atomic E-state index is 14.1. The number of nitrogens with zero attached hydrogens (tertiary/aromatic N) is 1. The number of nitrogens with two attached hydrogens (primary N) is 1. The fourth-order valence-electron chi connectivity index (χ4n) is 9.98. The number of alkyl carbamates (subject to hydrolysis) is 1. The van der Waals surface area contributed by atoms with E-state index in [1.165, 1.54) is 7.11 Å². The van der Waals surface area contributed by atoms with Gasteiger partial charge in [-0.25, -0.2) is 19.2 Å². The number of epoxide rings is 1. The third-order valence-corrected chi connectivity index (χ3v) is 16.4. The second kappa shape index (κ2) is 30.7. The molecule has 9 N–H and O–H groups in total. The molecular formula is C57H79Br2ClN8O14. The average molecular weight is 1300 g/mol. The van der Waals surface area contributed by atoms with Gasteiger partial charge in [0.1, 0.15) is 47.0 Å². The third kappa shape index (κ3) is 18.6.